The van der Waals surface area contributed by atoms with E-state index in [1.165, 1.54) is 0 Å². The van der Waals surface area contributed by atoms with Crippen LogP contribution in [0.3, 0.4) is 0 Å². The molecule has 0 heterocycles. The minimum Gasteiger partial charge on any atom is -0.480 e. The van der Waals surface area contributed by atoms with Crippen molar-refractivity contribution < 1.29 is 14.7 Å². The Morgan fingerprint density at radius 2 is 1.78 bits per heavy atom. The molecule has 5 nitrogen and oxygen atoms in total. The monoisotopic (exact) mass is 258 g/mol. The fourth-order valence-corrected chi connectivity index (χ4v) is 1.83. The summed E-state index contributed by atoms with van der Waals surface area (Å²) < 4.78 is 0. The predicted octanol–water partition coefficient (Wildman–Crippen LogP) is 1.48. The Bertz CT molecular complexity index is 267. The maximum Gasteiger partial charge on any atom is 0.326 e. The van der Waals surface area contributed by atoms with Crippen LogP contribution in [0.15, 0.2) is 0 Å². The van der Waals surface area contributed by atoms with E-state index in [4.69, 9.17) is 5.11 Å². The van der Waals surface area contributed by atoms with Crippen molar-refractivity contribution in [1.82, 2.24) is 10.2 Å². The lowest BCUT2D eigenvalue weighted by Crippen LogP contribution is -2.49. The summed E-state index contributed by atoms with van der Waals surface area (Å²) in [5.41, 5.74) is 0. The molecule has 106 valence electrons. The maximum atomic E-state index is 12.0. The van der Waals surface area contributed by atoms with Crippen molar-refractivity contribution in [2.24, 2.45) is 0 Å². The van der Waals surface area contributed by atoms with E-state index >= 15 is 0 Å². The number of rotatable bonds is 9. The highest BCUT2D eigenvalue weighted by atomic mass is 16.4. The van der Waals surface area contributed by atoms with Crippen molar-refractivity contribution in [2.45, 2.75) is 58.0 Å². The minimum absolute atomic E-state index is 0.189. The summed E-state index contributed by atoms with van der Waals surface area (Å²) in [4.78, 5) is 24.9. The molecule has 0 aliphatic rings. The van der Waals surface area contributed by atoms with Crippen LogP contribution in [0, 0.1) is 0 Å². The average Bonchev–Trinajstić information content (AvgIpc) is 2.30. The number of aliphatic carboxylic acids is 1. The van der Waals surface area contributed by atoms with Gasteiger partial charge in [0.2, 0.25) is 5.91 Å². The third kappa shape index (κ3) is 6.00. The lowest BCUT2D eigenvalue weighted by atomic mass is 10.1. The van der Waals surface area contributed by atoms with Gasteiger partial charge < -0.3 is 10.4 Å². The van der Waals surface area contributed by atoms with Gasteiger partial charge in [0.1, 0.15) is 6.04 Å². The molecular weight excluding hydrogens is 232 g/mol. The van der Waals surface area contributed by atoms with Crippen LogP contribution in [-0.4, -0.2) is 48.1 Å². The zero-order valence-electron chi connectivity index (χ0n) is 11.9. The second-order valence-corrected chi connectivity index (χ2v) is 4.81. The molecule has 2 unspecified atom stereocenters. The number of likely N-dealkylation sites (N-methyl/N-ethyl adjacent to an activating group) is 1. The Kier molecular flexibility index (Phi) is 8.37. The van der Waals surface area contributed by atoms with Crippen LogP contribution in [0.4, 0.5) is 0 Å². The number of carboxylic acids is 1. The number of carbonyl (C=O) groups is 2. The zero-order valence-corrected chi connectivity index (χ0v) is 11.9. The molecule has 0 saturated heterocycles. The zero-order chi connectivity index (χ0) is 14.1. The molecule has 2 atom stereocenters. The highest BCUT2D eigenvalue weighted by molar-refractivity contribution is 5.86. The van der Waals surface area contributed by atoms with Crippen molar-refractivity contribution in [1.29, 1.82) is 0 Å². The van der Waals surface area contributed by atoms with E-state index in [1.807, 2.05) is 32.8 Å². The van der Waals surface area contributed by atoms with Gasteiger partial charge in [-0.05, 0) is 26.9 Å². The first-order chi connectivity index (χ1) is 8.43. The topological polar surface area (TPSA) is 69.6 Å². The smallest absolute Gasteiger partial charge is 0.326 e. The second-order valence-electron chi connectivity index (χ2n) is 4.81. The largest absolute Gasteiger partial charge is 0.480 e. The molecular formula is C13H26N2O3. The molecule has 18 heavy (non-hydrogen) atoms. The quantitative estimate of drug-likeness (QED) is 0.657. The summed E-state index contributed by atoms with van der Waals surface area (Å²) in [6, 6.07) is -1.02. The van der Waals surface area contributed by atoms with Gasteiger partial charge in [0.25, 0.3) is 0 Å². The average molecular weight is 258 g/mol. The molecule has 0 aliphatic heterocycles. The fourth-order valence-electron chi connectivity index (χ4n) is 1.83. The van der Waals surface area contributed by atoms with Crippen molar-refractivity contribution in [3.05, 3.63) is 0 Å². The van der Waals surface area contributed by atoms with Crippen LogP contribution in [0.5, 0.6) is 0 Å². The standard InChI is InChI=1S/C13H26N2O3/c1-5-7-9-10(13(17)18)14-12(16)11(8-6-2)15(3)4/h10-11H,5-9H2,1-4H3,(H,14,16)(H,17,18). The van der Waals surface area contributed by atoms with Gasteiger partial charge in [-0.2, -0.15) is 0 Å². The van der Waals surface area contributed by atoms with Gasteiger partial charge in [0, 0.05) is 0 Å². The minimum atomic E-state index is -0.953. The van der Waals surface area contributed by atoms with Gasteiger partial charge in [0.05, 0.1) is 6.04 Å². The first kappa shape index (κ1) is 16.9. The van der Waals surface area contributed by atoms with Gasteiger partial charge in [0.15, 0.2) is 0 Å². The number of carboxylic acid groups (broad SMARTS) is 1. The third-order valence-electron chi connectivity index (χ3n) is 2.95. The van der Waals surface area contributed by atoms with E-state index in [9.17, 15) is 9.59 Å². The van der Waals surface area contributed by atoms with Crippen molar-refractivity contribution in [2.75, 3.05) is 14.1 Å². The van der Waals surface area contributed by atoms with Crippen LogP contribution in [0.25, 0.3) is 0 Å². The molecule has 0 aromatic heterocycles. The highest BCUT2D eigenvalue weighted by Gasteiger charge is 2.25. The number of nitrogens with one attached hydrogen (secondary N) is 1. The summed E-state index contributed by atoms with van der Waals surface area (Å²) in [5.74, 6) is -1.14. The van der Waals surface area contributed by atoms with Crippen LogP contribution in [-0.2, 0) is 9.59 Å². The lowest BCUT2D eigenvalue weighted by Gasteiger charge is -2.25. The Balaban J connectivity index is 4.50. The number of amides is 1. The third-order valence-corrected chi connectivity index (χ3v) is 2.95. The van der Waals surface area contributed by atoms with Crippen molar-refractivity contribution >= 4 is 11.9 Å². The molecule has 0 bridgehead atoms. The molecule has 0 aromatic rings. The van der Waals surface area contributed by atoms with Crippen LogP contribution in [0.1, 0.15) is 46.0 Å². The number of unbranched alkanes of at least 4 members (excludes halogenated alkanes) is 1. The molecule has 0 aromatic carbocycles. The highest BCUT2D eigenvalue weighted by Crippen LogP contribution is 2.06. The molecule has 5 heteroatoms. The molecule has 2 N–H and O–H groups in total. The van der Waals surface area contributed by atoms with Gasteiger partial charge in [-0.1, -0.05) is 33.1 Å². The van der Waals surface area contributed by atoms with Crippen LogP contribution >= 0.6 is 0 Å². The summed E-state index contributed by atoms with van der Waals surface area (Å²) in [7, 11) is 3.67. The maximum absolute atomic E-state index is 12.0. The summed E-state index contributed by atoms with van der Waals surface area (Å²) >= 11 is 0. The van der Waals surface area contributed by atoms with Crippen molar-refractivity contribution in [3.63, 3.8) is 0 Å². The number of nitrogens with zero attached hydrogens (tertiary/aromatic N) is 1. The van der Waals surface area contributed by atoms with E-state index in [1.54, 1.807) is 0 Å². The van der Waals surface area contributed by atoms with Crippen LogP contribution < -0.4 is 5.32 Å². The molecule has 0 saturated carbocycles. The Morgan fingerprint density at radius 1 is 1.17 bits per heavy atom. The van der Waals surface area contributed by atoms with Gasteiger partial charge in [-0.3, -0.25) is 9.69 Å². The molecule has 1 amide bonds. The number of hydrogen-bond donors (Lipinski definition) is 2. The van der Waals surface area contributed by atoms with E-state index in [2.05, 4.69) is 5.32 Å². The fraction of sp³-hybridized carbons (Fsp3) is 0.846. The molecule has 0 aliphatic carbocycles. The van der Waals surface area contributed by atoms with Gasteiger partial charge in [-0.25, -0.2) is 4.79 Å². The molecule has 0 rings (SSSR count). The summed E-state index contributed by atoms with van der Waals surface area (Å²) in [6.45, 7) is 4.01. The van der Waals surface area contributed by atoms with E-state index in [0.29, 0.717) is 6.42 Å². The van der Waals surface area contributed by atoms with Gasteiger partial charge >= 0.3 is 5.97 Å². The van der Waals surface area contributed by atoms with Gasteiger partial charge in [-0.15, -0.1) is 0 Å². The van der Waals surface area contributed by atoms with E-state index < -0.39 is 12.0 Å². The Hall–Kier alpha value is -1.10. The normalized spacial score (nSPS) is 14.3. The first-order valence-corrected chi connectivity index (χ1v) is 6.63. The first-order valence-electron chi connectivity index (χ1n) is 6.63. The second kappa shape index (κ2) is 8.91. The summed E-state index contributed by atoms with van der Waals surface area (Å²) in [6.07, 6.45) is 3.84. The molecule has 0 fully saturated rings. The van der Waals surface area contributed by atoms with E-state index in [0.717, 1.165) is 25.7 Å². The summed E-state index contributed by atoms with van der Waals surface area (Å²) in [5, 5.41) is 11.7. The lowest BCUT2D eigenvalue weighted by molar-refractivity contribution is -0.142. The molecule has 0 radical (unpaired) electrons. The van der Waals surface area contributed by atoms with E-state index in [-0.39, 0.29) is 11.9 Å². The predicted molar refractivity (Wildman–Crippen MR) is 71.5 cm³/mol. The Labute approximate surface area is 110 Å². The van der Waals surface area contributed by atoms with Crippen molar-refractivity contribution in [3.8, 4) is 0 Å². The number of carbonyl (C=O) groups excluding carboxylic acids is 1. The van der Waals surface area contributed by atoms with Crippen LogP contribution in [0.2, 0.25) is 0 Å². The SMILES string of the molecule is CCCCC(NC(=O)C(CCC)N(C)C)C(=O)O. The molecule has 0 spiro atoms. The number of hydrogen-bond acceptors (Lipinski definition) is 3. The Morgan fingerprint density at radius 3 is 2.17 bits per heavy atom.